The number of amides is 2. The summed E-state index contributed by atoms with van der Waals surface area (Å²) >= 11 is 12.3. The number of rotatable bonds is 13. The summed E-state index contributed by atoms with van der Waals surface area (Å²) in [6.07, 6.45) is 0.986. The van der Waals surface area contributed by atoms with E-state index in [4.69, 9.17) is 27.9 Å². The lowest BCUT2D eigenvalue weighted by molar-refractivity contribution is -0.384. The number of carbonyl (C=O) groups is 2. The molecule has 0 aliphatic carbocycles. The van der Waals surface area contributed by atoms with Crippen LogP contribution in [0.2, 0.25) is 10.0 Å². The molecular weight excluding hydrogens is 619 g/mol. The van der Waals surface area contributed by atoms with E-state index in [1.54, 1.807) is 44.2 Å². The molecule has 0 spiro atoms. The highest BCUT2D eigenvalue weighted by Crippen LogP contribution is 2.34. The number of benzene rings is 3. The Kier molecular flexibility index (Phi) is 11.4. The van der Waals surface area contributed by atoms with Gasteiger partial charge >= 0.3 is 0 Å². The van der Waals surface area contributed by atoms with Crippen molar-refractivity contribution in [2.45, 2.75) is 38.9 Å². The highest BCUT2D eigenvalue weighted by molar-refractivity contribution is 7.92. The normalized spacial score (nSPS) is 12.0. The molecule has 3 aromatic carbocycles. The molecule has 230 valence electrons. The zero-order valence-corrected chi connectivity index (χ0v) is 26.3. The average molecular weight is 652 g/mol. The number of nitro groups is 1. The van der Waals surface area contributed by atoms with Gasteiger partial charge < -0.3 is 15.0 Å². The van der Waals surface area contributed by atoms with E-state index in [-0.39, 0.29) is 35.5 Å². The van der Waals surface area contributed by atoms with Gasteiger partial charge in [-0.25, -0.2) is 8.42 Å². The van der Waals surface area contributed by atoms with E-state index in [0.717, 1.165) is 28.3 Å². The first-order valence-electron chi connectivity index (χ1n) is 13.1. The second kappa shape index (κ2) is 14.5. The van der Waals surface area contributed by atoms with Crippen molar-refractivity contribution in [1.29, 1.82) is 0 Å². The molecule has 0 saturated heterocycles. The SMILES string of the molecule is COc1ccc([N+](=O)[O-])cc1N(CC(=O)N(Cc1ccc(Cl)c(Cl)c1)[C@@H](Cc1ccccc1)C(=O)NC(C)C)S(C)(=O)=O. The Hall–Kier alpha value is -3.87. The van der Waals surface area contributed by atoms with Crippen LogP contribution in [0, 0.1) is 10.1 Å². The summed E-state index contributed by atoms with van der Waals surface area (Å²) in [7, 11) is -2.91. The minimum Gasteiger partial charge on any atom is -0.495 e. The summed E-state index contributed by atoms with van der Waals surface area (Å²) in [5, 5.41) is 14.9. The van der Waals surface area contributed by atoms with Gasteiger partial charge in [0.05, 0.1) is 28.3 Å². The van der Waals surface area contributed by atoms with Crippen molar-refractivity contribution in [2.75, 3.05) is 24.2 Å². The fourth-order valence-electron chi connectivity index (χ4n) is 4.35. The van der Waals surface area contributed by atoms with E-state index in [0.29, 0.717) is 10.6 Å². The van der Waals surface area contributed by atoms with E-state index in [1.807, 2.05) is 18.2 Å². The lowest BCUT2D eigenvalue weighted by Crippen LogP contribution is -2.54. The first-order valence-corrected chi connectivity index (χ1v) is 15.7. The molecule has 0 bridgehead atoms. The molecule has 0 aliphatic rings. The number of sulfonamides is 1. The Morgan fingerprint density at radius 3 is 2.23 bits per heavy atom. The fraction of sp³-hybridized carbons (Fsp3) is 0.310. The fourth-order valence-corrected chi connectivity index (χ4v) is 5.52. The number of hydrogen-bond acceptors (Lipinski definition) is 7. The smallest absolute Gasteiger partial charge is 0.271 e. The van der Waals surface area contributed by atoms with Crippen LogP contribution in [0.1, 0.15) is 25.0 Å². The Bertz CT molecular complexity index is 1590. The molecule has 43 heavy (non-hydrogen) atoms. The number of ether oxygens (including phenoxy) is 1. The van der Waals surface area contributed by atoms with Crippen molar-refractivity contribution < 1.29 is 27.7 Å². The molecule has 14 heteroatoms. The molecule has 0 aromatic heterocycles. The third kappa shape index (κ3) is 9.06. The van der Waals surface area contributed by atoms with E-state index in [2.05, 4.69) is 5.32 Å². The summed E-state index contributed by atoms with van der Waals surface area (Å²) in [5.41, 5.74) is 0.701. The van der Waals surface area contributed by atoms with Crippen molar-refractivity contribution in [1.82, 2.24) is 10.2 Å². The van der Waals surface area contributed by atoms with E-state index in [9.17, 15) is 28.1 Å². The average Bonchev–Trinajstić information content (AvgIpc) is 2.94. The van der Waals surface area contributed by atoms with Gasteiger partial charge in [0.1, 0.15) is 24.0 Å². The lowest BCUT2D eigenvalue weighted by atomic mass is 10.0. The van der Waals surface area contributed by atoms with Crippen molar-refractivity contribution in [2.24, 2.45) is 0 Å². The van der Waals surface area contributed by atoms with E-state index in [1.165, 1.54) is 18.1 Å². The zero-order chi connectivity index (χ0) is 31.9. The molecule has 1 atom stereocenters. The maximum absolute atomic E-state index is 14.2. The topological polar surface area (TPSA) is 139 Å². The van der Waals surface area contributed by atoms with Crippen LogP contribution in [-0.4, -0.2) is 62.0 Å². The molecule has 0 heterocycles. The monoisotopic (exact) mass is 650 g/mol. The molecule has 0 radical (unpaired) electrons. The first kappa shape index (κ1) is 33.6. The van der Waals surface area contributed by atoms with Crippen LogP contribution in [0.5, 0.6) is 5.75 Å². The molecule has 3 aromatic rings. The highest BCUT2D eigenvalue weighted by atomic mass is 35.5. The molecule has 2 amide bonds. The van der Waals surface area contributed by atoms with Gasteiger partial charge in [0.15, 0.2) is 0 Å². The largest absolute Gasteiger partial charge is 0.495 e. The third-order valence-corrected chi connectivity index (χ3v) is 8.23. The number of hydrogen-bond donors (Lipinski definition) is 1. The molecule has 1 N–H and O–H groups in total. The number of nitro benzene ring substituents is 1. The second-order valence-electron chi connectivity index (χ2n) is 10.0. The van der Waals surface area contributed by atoms with Crippen molar-refractivity contribution >= 4 is 56.4 Å². The van der Waals surface area contributed by atoms with Gasteiger partial charge in [-0.15, -0.1) is 0 Å². The number of nitrogens with one attached hydrogen (secondary N) is 1. The Labute approximate surface area is 260 Å². The number of anilines is 1. The van der Waals surface area contributed by atoms with Gasteiger partial charge in [-0.3, -0.25) is 24.0 Å². The summed E-state index contributed by atoms with van der Waals surface area (Å²) in [6.45, 7) is 2.66. The summed E-state index contributed by atoms with van der Waals surface area (Å²) in [6, 6.07) is 15.9. The minimum atomic E-state index is -4.19. The number of carbonyl (C=O) groups excluding carboxylic acids is 2. The third-order valence-electron chi connectivity index (χ3n) is 6.36. The van der Waals surface area contributed by atoms with Crippen molar-refractivity contribution in [3.05, 3.63) is 98.0 Å². The van der Waals surface area contributed by atoms with Crippen molar-refractivity contribution in [3.8, 4) is 5.75 Å². The van der Waals surface area contributed by atoms with Crippen LogP contribution in [0.4, 0.5) is 11.4 Å². The lowest BCUT2D eigenvalue weighted by Gasteiger charge is -2.34. The highest BCUT2D eigenvalue weighted by Gasteiger charge is 2.34. The molecule has 0 fully saturated rings. The van der Waals surface area contributed by atoms with Crippen LogP contribution >= 0.6 is 23.2 Å². The number of methoxy groups -OCH3 is 1. The maximum atomic E-state index is 14.2. The number of nitrogens with zero attached hydrogens (tertiary/aromatic N) is 3. The quantitative estimate of drug-likeness (QED) is 0.206. The van der Waals surface area contributed by atoms with Crippen molar-refractivity contribution in [3.63, 3.8) is 0 Å². The molecule has 3 rings (SSSR count). The van der Waals surface area contributed by atoms with Gasteiger partial charge in [0.2, 0.25) is 21.8 Å². The summed E-state index contributed by atoms with van der Waals surface area (Å²) in [4.78, 5) is 39.9. The van der Waals surface area contributed by atoms with Crippen LogP contribution in [0.3, 0.4) is 0 Å². The van der Waals surface area contributed by atoms with E-state index >= 15 is 0 Å². The molecule has 0 saturated carbocycles. The van der Waals surface area contributed by atoms with Crippen LogP contribution in [0.25, 0.3) is 0 Å². The van der Waals surface area contributed by atoms with Crippen LogP contribution < -0.4 is 14.4 Å². The van der Waals surface area contributed by atoms with Gasteiger partial charge in [-0.05, 0) is 43.2 Å². The van der Waals surface area contributed by atoms with Crippen LogP contribution in [0.15, 0.2) is 66.7 Å². The standard InChI is InChI=1S/C29H32Cl2N4O7S/c1-19(2)32-29(37)26(15-20-8-6-5-7-9-20)33(17-21-10-12-23(30)24(31)14-21)28(36)18-34(43(4,40)41)25-16-22(35(38)39)11-13-27(25)42-3/h5-14,16,19,26H,15,17-18H2,1-4H3,(H,32,37)/t26-/m0/s1. The first-order chi connectivity index (χ1) is 20.2. The maximum Gasteiger partial charge on any atom is 0.271 e. The van der Waals surface area contributed by atoms with Gasteiger partial charge in [0.25, 0.3) is 5.69 Å². The Morgan fingerprint density at radius 2 is 1.67 bits per heavy atom. The Morgan fingerprint density at radius 1 is 1.00 bits per heavy atom. The minimum absolute atomic E-state index is 0.00163. The van der Waals surface area contributed by atoms with Gasteiger partial charge in [-0.1, -0.05) is 59.6 Å². The second-order valence-corrected chi connectivity index (χ2v) is 12.7. The van der Waals surface area contributed by atoms with Gasteiger partial charge in [0, 0.05) is 31.1 Å². The molecule has 0 aliphatic heterocycles. The summed E-state index contributed by atoms with van der Waals surface area (Å²) < 4.78 is 32.1. The molecule has 0 unspecified atom stereocenters. The number of halogens is 2. The van der Waals surface area contributed by atoms with Gasteiger partial charge in [-0.2, -0.15) is 0 Å². The summed E-state index contributed by atoms with van der Waals surface area (Å²) in [5.74, 6) is -1.20. The predicted molar refractivity (Wildman–Crippen MR) is 166 cm³/mol. The Balaban J connectivity index is 2.15. The van der Waals surface area contributed by atoms with E-state index < -0.39 is 45.0 Å². The predicted octanol–water partition coefficient (Wildman–Crippen LogP) is 4.84. The number of non-ortho nitro benzene ring substituents is 1. The zero-order valence-electron chi connectivity index (χ0n) is 24.0. The van der Waals surface area contributed by atoms with Crippen LogP contribution in [-0.2, 0) is 32.6 Å². The molecular formula is C29H32Cl2N4O7S. The molecule has 11 nitrogen and oxygen atoms in total.